The predicted molar refractivity (Wildman–Crippen MR) is 80.2 cm³/mol. The lowest BCUT2D eigenvalue weighted by Gasteiger charge is -2.42. The summed E-state index contributed by atoms with van der Waals surface area (Å²) >= 11 is 1.73. The molecule has 0 aliphatic carbocycles. The maximum absolute atomic E-state index is 12.5. The first-order valence-electron chi connectivity index (χ1n) is 7.02. The van der Waals surface area contributed by atoms with Gasteiger partial charge in [-0.25, -0.2) is 0 Å². The van der Waals surface area contributed by atoms with Gasteiger partial charge in [-0.15, -0.1) is 0 Å². The first-order chi connectivity index (χ1) is 8.86. The van der Waals surface area contributed by atoms with Crippen LogP contribution in [-0.2, 0) is 9.59 Å². The monoisotopic (exact) mass is 286 g/mol. The lowest BCUT2D eigenvalue weighted by atomic mass is 10.00. The molecule has 1 heterocycles. The topological polar surface area (TPSA) is 49.4 Å². The van der Waals surface area contributed by atoms with E-state index in [9.17, 15) is 9.59 Å². The van der Waals surface area contributed by atoms with Gasteiger partial charge < -0.3 is 10.2 Å². The molecule has 19 heavy (non-hydrogen) atoms. The molecule has 2 amide bonds. The molecule has 1 aliphatic rings. The molecule has 4 nitrogen and oxygen atoms in total. The van der Waals surface area contributed by atoms with Crippen LogP contribution in [0.5, 0.6) is 0 Å². The van der Waals surface area contributed by atoms with Gasteiger partial charge in [-0.3, -0.25) is 9.59 Å². The Labute approximate surface area is 120 Å². The van der Waals surface area contributed by atoms with Crippen molar-refractivity contribution in [3.63, 3.8) is 0 Å². The standard InChI is InChI=1S/C14H26N2O2S/c1-6-8-10-13(18)16(9-14(3,4)19-5)11(7-2)12(17)15-10/h10-11H,6-9H2,1-5H3,(H,15,17). The quantitative estimate of drug-likeness (QED) is 0.813. The highest BCUT2D eigenvalue weighted by atomic mass is 32.2. The van der Waals surface area contributed by atoms with Crippen LogP contribution in [0.25, 0.3) is 0 Å². The van der Waals surface area contributed by atoms with Crippen molar-refractivity contribution in [1.29, 1.82) is 0 Å². The number of nitrogens with one attached hydrogen (secondary N) is 1. The molecule has 110 valence electrons. The second kappa shape index (κ2) is 6.64. The van der Waals surface area contributed by atoms with Gasteiger partial charge in [0.15, 0.2) is 0 Å². The third kappa shape index (κ3) is 3.88. The van der Waals surface area contributed by atoms with E-state index in [1.807, 2.05) is 20.1 Å². The van der Waals surface area contributed by atoms with E-state index in [0.29, 0.717) is 13.0 Å². The van der Waals surface area contributed by atoms with Crippen molar-refractivity contribution in [3.8, 4) is 0 Å². The number of nitrogens with zero attached hydrogens (tertiary/aromatic N) is 1. The average Bonchev–Trinajstić information content (AvgIpc) is 2.35. The normalized spacial score (nSPS) is 24.6. The fourth-order valence-corrected chi connectivity index (χ4v) is 2.65. The van der Waals surface area contributed by atoms with Crippen LogP contribution in [0, 0.1) is 0 Å². The number of carbonyl (C=O) groups excluding carboxylic acids is 2. The van der Waals surface area contributed by atoms with Gasteiger partial charge in [-0.2, -0.15) is 11.8 Å². The Morgan fingerprint density at radius 2 is 1.95 bits per heavy atom. The summed E-state index contributed by atoms with van der Waals surface area (Å²) < 4.78 is -0.0303. The number of amides is 2. The van der Waals surface area contributed by atoms with Crippen LogP contribution in [-0.4, -0.2) is 46.3 Å². The van der Waals surface area contributed by atoms with Crippen LogP contribution < -0.4 is 5.32 Å². The Balaban J connectivity index is 2.92. The smallest absolute Gasteiger partial charge is 0.245 e. The minimum absolute atomic E-state index is 0.00236. The fraction of sp³-hybridized carbons (Fsp3) is 0.857. The number of piperazine rings is 1. The highest BCUT2D eigenvalue weighted by Gasteiger charge is 2.40. The SMILES string of the molecule is CCCC1NC(=O)C(CC)N(CC(C)(C)SC)C1=O. The number of carbonyl (C=O) groups is 2. The van der Waals surface area contributed by atoms with Crippen molar-refractivity contribution < 1.29 is 9.59 Å². The lowest BCUT2D eigenvalue weighted by molar-refractivity contribution is -0.150. The zero-order valence-corrected chi connectivity index (χ0v) is 13.5. The van der Waals surface area contributed by atoms with Crippen LogP contribution in [0.15, 0.2) is 0 Å². The summed E-state index contributed by atoms with van der Waals surface area (Å²) in [7, 11) is 0. The number of hydrogen-bond acceptors (Lipinski definition) is 3. The lowest BCUT2D eigenvalue weighted by Crippen LogP contribution is -2.64. The number of thioether (sulfide) groups is 1. The van der Waals surface area contributed by atoms with Crippen molar-refractivity contribution in [2.24, 2.45) is 0 Å². The molecule has 0 aromatic heterocycles. The maximum atomic E-state index is 12.5. The molecule has 1 fully saturated rings. The summed E-state index contributed by atoms with van der Waals surface area (Å²) in [5, 5.41) is 2.86. The summed E-state index contributed by atoms with van der Waals surface area (Å²) in [5.74, 6) is 0.0767. The molecule has 2 atom stereocenters. The molecule has 1 saturated heterocycles. The van der Waals surface area contributed by atoms with Crippen LogP contribution in [0.3, 0.4) is 0 Å². The minimum Gasteiger partial charge on any atom is -0.343 e. The van der Waals surface area contributed by atoms with E-state index in [0.717, 1.165) is 12.8 Å². The van der Waals surface area contributed by atoms with Gasteiger partial charge in [0.25, 0.3) is 0 Å². The Morgan fingerprint density at radius 1 is 1.32 bits per heavy atom. The molecule has 0 spiro atoms. The van der Waals surface area contributed by atoms with E-state index in [-0.39, 0.29) is 28.6 Å². The molecule has 0 radical (unpaired) electrons. The van der Waals surface area contributed by atoms with Crippen LogP contribution >= 0.6 is 11.8 Å². The van der Waals surface area contributed by atoms with E-state index < -0.39 is 0 Å². The second-order valence-corrected chi connectivity index (χ2v) is 7.22. The zero-order chi connectivity index (χ0) is 14.6. The Bertz CT molecular complexity index is 344. The highest BCUT2D eigenvalue weighted by molar-refractivity contribution is 7.99. The zero-order valence-electron chi connectivity index (χ0n) is 12.7. The number of hydrogen-bond donors (Lipinski definition) is 1. The van der Waals surface area contributed by atoms with Gasteiger partial charge in [-0.05, 0) is 32.9 Å². The second-order valence-electron chi connectivity index (χ2n) is 5.70. The van der Waals surface area contributed by atoms with Crippen molar-refractivity contribution in [1.82, 2.24) is 10.2 Å². The molecule has 0 aromatic rings. The third-order valence-corrected chi connectivity index (χ3v) is 4.88. The first-order valence-corrected chi connectivity index (χ1v) is 8.24. The van der Waals surface area contributed by atoms with Crippen LogP contribution in [0.4, 0.5) is 0 Å². The van der Waals surface area contributed by atoms with E-state index >= 15 is 0 Å². The van der Waals surface area contributed by atoms with E-state index in [1.165, 1.54) is 0 Å². The maximum Gasteiger partial charge on any atom is 0.245 e. The van der Waals surface area contributed by atoms with Crippen LogP contribution in [0.1, 0.15) is 47.0 Å². The molecular weight excluding hydrogens is 260 g/mol. The van der Waals surface area contributed by atoms with E-state index in [2.05, 4.69) is 19.2 Å². The highest BCUT2D eigenvalue weighted by Crippen LogP contribution is 2.26. The minimum atomic E-state index is -0.335. The average molecular weight is 286 g/mol. The molecule has 2 unspecified atom stereocenters. The fourth-order valence-electron chi connectivity index (χ4n) is 2.38. The molecule has 0 saturated carbocycles. The predicted octanol–water partition coefficient (Wildman–Crippen LogP) is 2.03. The van der Waals surface area contributed by atoms with Crippen molar-refractivity contribution in [2.45, 2.75) is 63.8 Å². The largest absolute Gasteiger partial charge is 0.343 e. The summed E-state index contributed by atoms with van der Waals surface area (Å²) in [5.41, 5.74) is 0. The van der Waals surface area contributed by atoms with Gasteiger partial charge >= 0.3 is 0 Å². The molecule has 1 rings (SSSR count). The Hall–Kier alpha value is -0.710. The molecule has 5 heteroatoms. The van der Waals surface area contributed by atoms with Gasteiger partial charge in [0.05, 0.1) is 0 Å². The molecule has 0 aromatic carbocycles. The van der Waals surface area contributed by atoms with Crippen molar-refractivity contribution in [2.75, 3.05) is 12.8 Å². The van der Waals surface area contributed by atoms with E-state index in [4.69, 9.17) is 0 Å². The summed E-state index contributed by atoms with van der Waals surface area (Å²) in [6, 6.07) is -0.648. The van der Waals surface area contributed by atoms with Gasteiger partial charge in [0, 0.05) is 11.3 Å². The Kier molecular flexibility index (Phi) is 5.71. The Morgan fingerprint density at radius 3 is 2.42 bits per heavy atom. The van der Waals surface area contributed by atoms with E-state index in [1.54, 1.807) is 16.7 Å². The van der Waals surface area contributed by atoms with Gasteiger partial charge in [0.2, 0.25) is 11.8 Å². The van der Waals surface area contributed by atoms with Gasteiger partial charge in [-0.1, -0.05) is 20.3 Å². The summed E-state index contributed by atoms with van der Waals surface area (Å²) in [6.45, 7) is 8.83. The van der Waals surface area contributed by atoms with Crippen molar-refractivity contribution >= 4 is 23.6 Å². The summed E-state index contributed by atoms with van der Waals surface area (Å²) in [4.78, 5) is 26.4. The summed E-state index contributed by atoms with van der Waals surface area (Å²) in [6.07, 6.45) is 4.32. The molecular formula is C14H26N2O2S. The van der Waals surface area contributed by atoms with Crippen molar-refractivity contribution in [3.05, 3.63) is 0 Å². The van der Waals surface area contributed by atoms with Crippen LogP contribution in [0.2, 0.25) is 0 Å². The first kappa shape index (κ1) is 16.3. The molecule has 1 aliphatic heterocycles. The molecule has 0 bridgehead atoms. The number of rotatable bonds is 6. The third-order valence-electron chi connectivity index (χ3n) is 3.64. The van der Waals surface area contributed by atoms with Gasteiger partial charge in [0.1, 0.15) is 12.1 Å². The molecule has 1 N–H and O–H groups in total.